The Bertz CT molecular complexity index is 729. The van der Waals surface area contributed by atoms with Gasteiger partial charge in [-0.15, -0.1) is 0 Å². The van der Waals surface area contributed by atoms with Crippen molar-refractivity contribution < 1.29 is 9.90 Å². The fraction of sp³-hybridized carbons (Fsp3) is 0.381. The van der Waals surface area contributed by atoms with Gasteiger partial charge in [0.15, 0.2) is 0 Å². The Labute approximate surface area is 149 Å². The van der Waals surface area contributed by atoms with Crippen LogP contribution in [0.3, 0.4) is 0 Å². The molecule has 3 rings (SSSR count). The van der Waals surface area contributed by atoms with Crippen molar-refractivity contribution in [2.45, 2.75) is 32.4 Å². The second kappa shape index (κ2) is 8.28. The molecule has 1 aliphatic rings. The molecular weight excluding hydrogens is 312 g/mol. The number of carbonyl (C=O) groups is 1. The van der Waals surface area contributed by atoms with Crippen LogP contribution >= 0.6 is 0 Å². The van der Waals surface area contributed by atoms with Gasteiger partial charge in [-0.2, -0.15) is 0 Å². The Morgan fingerprint density at radius 1 is 1.20 bits per heavy atom. The highest BCUT2D eigenvalue weighted by Crippen LogP contribution is 2.35. The second-order valence-electron chi connectivity index (χ2n) is 6.65. The average Bonchev–Trinajstić information content (AvgIpc) is 3.05. The summed E-state index contributed by atoms with van der Waals surface area (Å²) in [5.74, 6) is 0.00100. The number of carbonyl (C=O) groups excluding carboxylic acids is 1. The summed E-state index contributed by atoms with van der Waals surface area (Å²) in [6.45, 7) is 3.47. The summed E-state index contributed by atoms with van der Waals surface area (Å²) in [6.07, 6.45) is 2.04. The van der Waals surface area contributed by atoms with Crippen LogP contribution < -0.4 is 5.32 Å². The third-order valence-corrected chi connectivity index (χ3v) is 5.01. The molecule has 0 spiro atoms. The quantitative estimate of drug-likeness (QED) is 0.816. The maximum Gasteiger partial charge on any atom is 0.234 e. The van der Waals surface area contributed by atoms with Crippen molar-refractivity contribution in [3.8, 4) is 0 Å². The van der Waals surface area contributed by atoms with E-state index in [0.717, 1.165) is 18.4 Å². The maximum absolute atomic E-state index is 12.4. The molecule has 0 radical (unpaired) electrons. The molecule has 0 aromatic heterocycles. The zero-order chi connectivity index (χ0) is 17.6. The van der Waals surface area contributed by atoms with Gasteiger partial charge in [0.25, 0.3) is 0 Å². The number of fused-ring (bicyclic) bond motifs is 1. The third-order valence-electron chi connectivity index (χ3n) is 5.01. The molecule has 2 aromatic carbocycles. The summed E-state index contributed by atoms with van der Waals surface area (Å²) in [5.41, 5.74) is 4.97. The van der Waals surface area contributed by atoms with Crippen LogP contribution in [0.1, 0.15) is 34.7 Å². The van der Waals surface area contributed by atoms with Gasteiger partial charge >= 0.3 is 0 Å². The number of hydrogen-bond acceptors (Lipinski definition) is 3. The van der Waals surface area contributed by atoms with Gasteiger partial charge in [0.05, 0.1) is 13.2 Å². The first-order chi connectivity index (χ1) is 12.2. The summed E-state index contributed by atoms with van der Waals surface area (Å²) >= 11 is 0. The van der Waals surface area contributed by atoms with Crippen molar-refractivity contribution in [1.29, 1.82) is 0 Å². The minimum absolute atomic E-state index is 0.00100. The van der Waals surface area contributed by atoms with E-state index in [1.165, 1.54) is 16.7 Å². The smallest absolute Gasteiger partial charge is 0.234 e. The van der Waals surface area contributed by atoms with Crippen molar-refractivity contribution in [2.75, 3.05) is 19.7 Å². The fourth-order valence-electron chi connectivity index (χ4n) is 3.63. The van der Waals surface area contributed by atoms with Gasteiger partial charge in [-0.05, 0) is 42.0 Å². The number of nitrogens with zero attached hydrogens (tertiary/aromatic N) is 1. The maximum atomic E-state index is 12.4. The van der Waals surface area contributed by atoms with Crippen molar-refractivity contribution in [3.05, 3.63) is 70.8 Å². The molecule has 0 saturated carbocycles. The summed E-state index contributed by atoms with van der Waals surface area (Å²) in [6, 6.07) is 16.7. The molecule has 4 nitrogen and oxygen atoms in total. The van der Waals surface area contributed by atoms with E-state index in [1.807, 2.05) is 24.3 Å². The highest BCUT2D eigenvalue weighted by Gasteiger charge is 2.28. The standard InChI is InChI=1S/C21H26N2O2/c1-16-6-2-3-8-18(16)14-22-21(25)15-23(12-13-24)20-11-10-17-7-4-5-9-19(17)20/h2-9,20,24H,10-15H2,1H3,(H,22,25). The molecule has 1 unspecified atom stereocenters. The number of aliphatic hydroxyl groups excluding tert-OH is 1. The lowest BCUT2D eigenvalue weighted by Gasteiger charge is -2.28. The van der Waals surface area contributed by atoms with Crippen LogP contribution in [0.4, 0.5) is 0 Å². The lowest BCUT2D eigenvalue weighted by molar-refractivity contribution is -0.123. The summed E-state index contributed by atoms with van der Waals surface area (Å²) in [4.78, 5) is 14.5. The van der Waals surface area contributed by atoms with Gasteiger partial charge in [0.2, 0.25) is 5.91 Å². The Morgan fingerprint density at radius 2 is 1.96 bits per heavy atom. The van der Waals surface area contributed by atoms with E-state index in [0.29, 0.717) is 19.6 Å². The molecule has 132 valence electrons. The van der Waals surface area contributed by atoms with Crippen LogP contribution in [-0.4, -0.2) is 35.6 Å². The topological polar surface area (TPSA) is 52.6 Å². The first-order valence-electron chi connectivity index (χ1n) is 8.93. The van der Waals surface area contributed by atoms with E-state index >= 15 is 0 Å². The van der Waals surface area contributed by atoms with E-state index in [-0.39, 0.29) is 18.6 Å². The van der Waals surface area contributed by atoms with Gasteiger partial charge in [0, 0.05) is 19.1 Å². The van der Waals surface area contributed by atoms with E-state index in [4.69, 9.17) is 0 Å². The van der Waals surface area contributed by atoms with Crippen LogP contribution in [0, 0.1) is 6.92 Å². The number of hydrogen-bond donors (Lipinski definition) is 2. The molecule has 1 amide bonds. The van der Waals surface area contributed by atoms with Crippen LogP contribution in [0.25, 0.3) is 0 Å². The molecule has 2 N–H and O–H groups in total. The molecule has 1 aliphatic carbocycles. The Balaban J connectivity index is 1.62. The van der Waals surface area contributed by atoms with E-state index in [9.17, 15) is 9.90 Å². The van der Waals surface area contributed by atoms with Gasteiger partial charge < -0.3 is 10.4 Å². The van der Waals surface area contributed by atoms with Gasteiger partial charge in [-0.1, -0.05) is 48.5 Å². The van der Waals surface area contributed by atoms with Crippen LogP contribution in [0.5, 0.6) is 0 Å². The first kappa shape index (κ1) is 17.6. The number of aliphatic hydroxyl groups is 1. The molecule has 1 atom stereocenters. The summed E-state index contributed by atoms with van der Waals surface area (Å²) in [7, 11) is 0. The highest BCUT2D eigenvalue weighted by molar-refractivity contribution is 5.78. The van der Waals surface area contributed by atoms with Gasteiger partial charge in [-0.25, -0.2) is 0 Å². The van der Waals surface area contributed by atoms with Crippen molar-refractivity contribution in [1.82, 2.24) is 10.2 Å². The first-order valence-corrected chi connectivity index (χ1v) is 8.93. The zero-order valence-electron chi connectivity index (χ0n) is 14.7. The molecule has 25 heavy (non-hydrogen) atoms. The number of aryl methyl sites for hydroxylation is 2. The lowest BCUT2D eigenvalue weighted by atomic mass is 10.1. The Morgan fingerprint density at radius 3 is 2.76 bits per heavy atom. The molecule has 0 fully saturated rings. The predicted molar refractivity (Wildman–Crippen MR) is 99.2 cm³/mol. The monoisotopic (exact) mass is 338 g/mol. The predicted octanol–water partition coefficient (Wildman–Crippen LogP) is 2.59. The molecule has 0 heterocycles. The SMILES string of the molecule is Cc1ccccc1CNC(=O)CN(CCO)C1CCc2ccccc21. The molecular formula is C21H26N2O2. The summed E-state index contributed by atoms with van der Waals surface area (Å²) in [5, 5.41) is 12.4. The number of benzene rings is 2. The molecule has 0 saturated heterocycles. The van der Waals surface area contributed by atoms with Crippen molar-refractivity contribution in [2.24, 2.45) is 0 Å². The van der Waals surface area contributed by atoms with Crippen LogP contribution in [-0.2, 0) is 17.8 Å². The Kier molecular flexibility index (Phi) is 5.84. The average molecular weight is 338 g/mol. The highest BCUT2D eigenvalue weighted by atomic mass is 16.3. The van der Waals surface area contributed by atoms with Gasteiger partial charge in [0.1, 0.15) is 0 Å². The van der Waals surface area contributed by atoms with E-state index in [1.54, 1.807) is 0 Å². The largest absolute Gasteiger partial charge is 0.395 e. The van der Waals surface area contributed by atoms with E-state index in [2.05, 4.69) is 41.4 Å². The van der Waals surface area contributed by atoms with Crippen LogP contribution in [0.2, 0.25) is 0 Å². The number of rotatable bonds is 7. The van der Waals surface area contributed by atoms with Crippen molar-refractivity contribution in [3.63, 3.8) is 0 Å². The minimum atomic E-state index is 0.00100. The Hall–Kier alpha value is -2.17. The summed E-state index contributed by atoms with van der Waals surface area (Å²) < 4.78 is 0. The van der Waals surface area contributed by atoms with E-state index < -0.39 is 0 Å². The lowest BCUT2D eigenvalue weighted by Crippen LogP contribution is -2.40. The van der Waals surface area contributed by atoms with Crippen molar-refractivity contribution >= 4 is 5.91 Å². The molecule has 2 aromatic rings. The van der Waals surface area contributed by atoms with Crippen LogP contribution in [0.15, 0.2) is 48.5 Å². The third kappa shape index (κ3) is 4.27. The minimum Gasteiger partial charge on any atom is -0.395 e. The molecule has 0 bridgehead atoms. The zero-order valence-corrected chi connectivity index (χ0v) is 14.7. The number of amides is 1. The second-order valence-corrected chi connectivity index (χ2v) is 6.65. The number of nitrogens with one attached hydrogen (secondary N) is 1. The fourth-order valence-corrected chi connectivity index (χ4v) is 3.63. The normalized spacial score (nSPS) is 16.0. The van der Waals surface area contributed by atoms with Gasteiger partial charge in [-0.3, -0.25) is 9.69 Å². The molecule has 4 heteroatoms. The molecule has 0 aliphatic heterocycles.